The van der Waals surface area contributed by atoms with E-state index < -0.39 is 4.92 Å². The normalized spacial score (nSPS) is 9.80. The molecule has 5 nitrogen and oxygen atoms in total. The molecule has 0 radical (unpaired) electrons. The Labute approximate surface area is 120 Å². The zero-order valence-electron chi connectivity index (χ0n) is 10.6. The van der Waals surface area contributed by atoms with Crippen molar-refractivity contribution in [1.29, 1.82) is 5.26 Å². The molecule has 0 saturated carbocycles. The Morgan fingerprint density at radius 2 is 1.95 bits per heavy atom. The Morgan fingerprint density at radius 3 is 2.50 bits per heavy atom. The molecule has 0 heterocycles. The van der Waals surface area contributed by atoms with E-state index in [2.05, 4.69) is 6.07 Å². The predicted octanol–water partition coefficient (Wildman–Crippen LogP) is 3.63. The highest BCUT2D eigenvalue weighted by Crippen LogP contribution is 2.32. The van der Waals surface area contributed by atoms with Crippen LogP contribution in [0.1, 0.15) is 5.56 Å². The summed E-state index contributed by atoms with van der Waals surface area (Å²) in [4.78, 5) is 11.8. The van der Waals surface area contributed by atoms with Crippen molar-refractivity contribution in [3.05, 3.63) is 58.1 Å². The molecule has 20 heavy (non-hydrogen) atoms. The first-order valence-electron chi connectivity index (χ1n) is 5.64. The van der Waals surface area contributed by atoms with E-state index in [1.807, 2.05) is 0 Å². The zero-order valence-corrected chi connectivity index (χ0v) is 11.4. The molecule has 0 aliphatic carbocycles. The van der Waals surface area contributed by atoms with Crippen LogP contribution in [-0.2, 0) is 0 Å². The fraction of sp³-hybridized carbons (Fsp3) is 0.0714. The lowest BCUT2D eigenvalue weighted by atomic mass is 10.2. The van der Waals surface area contributed by atoms with Crippen LogP contribution >= 0.6 is 11.8 Å². The van der Waals surface area contributed by atoms with Crippen molar-refractivity contribution in [3.8, 4) is 11.8 Å². The van der Waals surface area contributed by atoms with Crippen molar-refractivity contribution < 1.29 is 9.66 Å². The Balaban J connectivity index is 2.26. The summed E-state index contributed by atoms with van der Waals surface area (Å²) in [7, 11) is 1.54. The van der Waals surface area contributed by atoms with Gasteiger partial charge in [-0.3, -0.25) is 10.1 Å². The van der Waals surface area contributed by atoms with Crippen molar-refractivity contribution in [2.45, 2.75) is 9.79 Å². The minimum absolute atomic E-state index is 0.0459. The lowest BCUT2D eigenvalue weighted by Crippen LogP contribution is -1.88. The van der Waals surface area contributed by atoms with Crippen molar-refractivity contribution in [2.75, 3.05) is 7.11 Å². The van der Waals surface area contributed by atoms with Gasteiger partial charge in [0.2, 0.25) is 0 Å². The smallest absolute Gasteiger partial charge is 0.269 e. The first kappa shape index (κ1) is 13.9. The summed E-state index contributed by atoms with van der Waals surface area (Å²) < 4.78 is 5.07. The second-order valence-corrected chi connectivity index (χ2v) is 4.94. The molecular formula is C14H10N2O3S. The van der Waals surface area contributed by atoms with Crippen molar-refractivity contribution in [3.63, 3.8) is 0 Å². The van der Waals surface area contributed by atoms with Gasteiger partial charge < -0.3 is 4.74 Å². The highest BCUT2D eigenvalue weighted by Gasteiger charge is 2.08. The van der Waals surface area contributed by atoms with Gasteiger partial charge in [0.05, 0.1) is 17.6 Å². The summed E-state index contributed by atoms with van der Waals surface area (Å²) in [5, 5.41) is 19.7. The fourth-order valence-electron chi connectivity index (χ4n) is 1.58. The lowest BCUT2D eigenvalue weighted by molar-refractivity contribution is -0.384. The van der Waals surface area contributed by atoms with E-state index in [4.69, 9.17) is 10.00 Å². The highest BCUT2D eigenvalue weighted by molar-refractivity contribution is 7.99. The van der Waals surface area contributed by atoms with Gasteiger partial charge in [-0.1, -0.05) is 11.8 Å². The monoisotopic (exact) mass is 286 g/mol. The third-order valence-electron chi connectivity index (χ3n) is 2.58. The maximum Gasteiger partial charge on any atom is 0.269 e. The summed E-state index contributed by atoms with van der Waals surface area (Å²) >= 11 is 1.38. The Hall–Kier alpha value is -2.52. The average molecular weight is 286 g/mol. The number of nitro groups is 1. The number of nitriles is 1. The van der Waals surface area contributed by atoms with Crippen molar-refractivity contribution in [1.82, 2.24) is 0 Å². The molecule has 0 spiro atoms. The molecule has 0 aliphatic rings. The number of nitro benzene ring substituents is 1. The minimum Gasteiger partial charge on any atom is -0.497 e. The fourth-order valence-corrected chi connectivity index (χ4v) is 2.45. The van der Waals surface area contributed by atoms with Crippen LogP contribution in [0, 0.1) is 21.4 Å². The Kier molecular flexibility index (Phi) is 4.23. The molecule has 0 atom stereocenters. The van der Waals surface area contributed by atoms with Crippen LogP contribution in [0.5, 0.6) is 5.75 Å². The largest absolute Gasteiger partial charge is 0.497 e. The number of rotatable bonds is 4. The van der Waals surface area contributed by atoms with E-state index >= 15 is 0 Å². The zero-order chi connectivity index (χ0) is 14.5. The van der Waals surface area contributed by atoms with Crippen LogP contribution in [0.15, 0.2) is 52.3 Å². The SMILES string of the molecule is COc1ccc(Sc2ccc([N+](=O)[O-])cc2)c(C#N)c1. The molecule has 0 aromatic heterocycles. The molecule has 6 heteroatoms. The van der Waals surface area contributed by atoms with E-state index in [0.717, 1.165) is 9.79 Å². The number of hydrogen-bond acceptors (Lipinski definition) is 5. The molecule has 0 saturated heterocycles. The lowest BCUT2D eigenvalue weighted by Gasteiger charge is -2.06. The maximum atomic E-state index is 10.6. The summed E-state index contributed by atoms with van der Waals surface area (Å²) in [6, 6.07) is 13.5. The van der Waals surface area contributed by atoms with Crippen molar-refractivity contribution in [2.24, 2.45) is 0 Å². The van der Waals surface area contributed by atoms with E-state index in [-0.39, 0.29) is 5.69 Å². The molecule has 0 bridgehead atoms. The standard InChI is InChI=1S/C14H10N2O3S/c1-19-12-4-7-14(10(8-12)9-15)20-13-5-2-11(3-6-13)16(17)18/h2-8H,1H3. The quantitative estimate of drug-likeness (QED) is 0.633. The molecule has 0 N–H and O–H groups in total. The first-order chi connectivity index (χ1) is 9.63. The molecule has 2 rings (SSSR count). The highest BCUT2D eigenvalue weighted by atomic mass is 32.2. The second kappa shape index (κ2) is 6.08. The van der Waals surface area contributed by atoms with Gasteiger partial charge in [0, 0.05) is 21.9 Å². The van der Waals surface area contributed by atoms with Gasteiger partial charge in [0.25, 0.3) is 5.69 Å². The predicted molar refractivity (Wildman–Crippen MR) is 74.9 cm³/mol. The van der Waals surface area contributed by atoms with Crippen LogP contribution < -0.4 is 4.74 Å². The van der Waals surface area contributed by atoms with Crippen LogP contribution in [0.4, 0.5) is 5.69 Å². The number of nitrogens with zero attached hydrogens (tertiary/aromatic N) is 2. The van der Waals surface area contributed by atoms with Gasteiger partial charge in [-0.15, -0.1) is 0 Å². The van der Waals surface area contributed by atoms with Gasteiger partial charge >= 0.3 is 0 Å². The number of non-ortho nitro benzene ring substituents is 1. The molecule has 0 fully saturated rings. The van der Waals surface area contributed by atoms with E-state index in [0.29, 0.717) is 11.3 Å². The van der Waals surface area contributed by atoms with Gasteiger partial charge in [-0.2, -0.15) is 5.26 Å². The summed E-state index contributed by atoms with van der Waals surface area (Å²) in [5.41, 5.74) is 0.553. The average Bonchev–Trinajstić information content (AvgIpc) is 2.48. The molecule has 0 amide bonds. The van der Waals surface area contributed by atoms with Gasteiger partial charge in [-0.25, -0.2) is 0 Å². The van der Waals surface area contributed by atoms with Gasteiger partial charge in [-0.05, 0) is 30.3 Å². The summed E-state index contributed by atoms with van der Waals surface area (Å²) in [5.74, 6) is 0.620. The molecule has 2 aromatic rings. The van der Waals surface area contributed by atoms with Crippen LogP contribution in [0.25, 0.3) is 0 Å². The van der Waals surface area contributed by atoms with Gasteiger partial charge in [0.1, 0.15) is 11.8 Å². The van der Waals surface area contributed by atoms with Gasteiger partial charge in [0.15, 0.2) is 0 Å². The number of benzene rings is 2. The minimum atomic E-state index is -0.442. The van der Waals surface area contributed by atoms with Crippen LogP contribution in [0.2, 0.25) is 0 Å². The molecule has 0 unspecified atom stereocenters. The summed E-state index contributed by atoms with van der Waals surface area (Å²) in [6.07, 6.45) is 0. The third-order valence-corrected chi connectivity index (χ3v) is 3.67. The first-order valence-corrected chi connectivity index (χ1v) is 6.46. The topological polar surface area (TPSA) is 76.2 Å². The second-order valence-electron chi connectivity index (χ2n) is 3.83. The molecule has 2 aromatic carbocycles. The van der Waals surface area contributed by atoms with E-state index in [9.17, 15) is 10.1 Å². The number of methoxy groups -OCH3 is 1. The molecular weight excluding hydrogens is 276 g/mol. The molecule has 0 aliphatic heterocycles. The number of hydrogen-bond donors (Lipinski definition) is 0. The summed E-state index contributed by atoms with van der Waals surface area (Å²) in [6.45, 7) is 0. The van der Waals surface area contributed by atoms with Crippen molar-refractivity contribution >= 4 is 17.4 Å². The van der Waals surface area contributed by atoms with E-state index in [1.165, 1.54) is 23.9 Å². The van der Waals surface area contributed by atoms with E-state index in [1.54, 1.807) is 37.4 Å². The Morgan fingerprint density at radius 1 is 1.25 bits per heavy atom. The van der Waals surface area contributed by atoms with Crippen LogP contribution in [0.3, 0.4) is 0 Å². The van der Waals surface area contributed by atoms with Crippen LogP contribution in [-0.4, -0.2) is 12.0 Å². The maximum absolute atomic E-state index is 10.6. The molecule has 100 valence electrons. The third kappa shape index (κ3) is 3.08. The number of ether oxygens (including phenoxy) is 1. The Bertz CT molecular complexity index is 678.